The Labute approximate surface area is 65.3 Å². The van der Waals surface area contributed by atoms with Crippen LogP contribution in [0.1, 0.15) is 17.4 Å². The average molecular weight is 156 g/mol. The molecule has 0 radical (unpaired) electrons. The summed E-state index contributed by atoms with van der Waals surface area (Å²) in [5, 5.41) is 10.8. The summed E-state index contributed by atoms with van der Waals surface area (Å²) in [6.07, 6.45) is 1.90. The Balaban J connectivity index is 2.70. The van der Waals surface area contributed by atoms with Crippen LogP contribution < -0.4 is 0 Å². The summed E-state index contributed by atoms with van der Waals surface area (Å²) in [6, 6.07) is 2.13. The summed E-state index contributed by atoms with van der Waals surface area (Å²) >= 11 is 1.74. The van der Waals surface area contributed by atoms with E-state index in [1.807, 2.05) is 0 Å². The Kier molecular flexibility index (Phi) is 2.90. The van der Waals surface area contributed by atoms with E-state index < -0.39 is 0 Å². The van der Waals surface area contributed by atoms with E-state index in [0.717, 1.165) is 12.8 Å². The van der Waals surface area contributed by atoms with E-state index in [1.165, 1.54) is 10.4 Å². The topological polar surface area (TPSA) is 20.2 Å². The molecule has 0 fully saturated rings. The van der Waals surface area contributed by atoms with Crippen molar-refractivity contribution in [2.75, 3.05) is 6.61 Å². The third kappa shape index (κ3) is 1.58. The van der Waals surface area contributed by atoms with E-state index in [4.69, 9.17) is 5.11 Å². The van der Waals surface area contributed by atoms with Crippen LogP contribution in [0.5, 0.6) is 0 Å². The van der Waals surface area contributed by atoms with Crippen molar-refractivity contribution in [3.63, 3.8) is 0 Å². The number of thiophene rings is 1. The fourth-order valence-electron chi connectivity index (χ4n) is 1.00. The van der Waals surface area contributed by atoms with Crippen LogP contribution in [0, 0.1) is 0 Å². The minimum Gasteiger partial charge on any atom is -0.396 e. The summed E-state index contributed by atoms with van der Waals surface area (Å²) in [5.41, 5.74) is 1.39. The number of rotatable bonds is 3. The van der Waals surface area contributed by atoms with E-state index in [-0.39, 0.29) is 6.61 Å². The molecule has 0 aliphatic heterocycles. The van der Waals surface area contributed by atoms with Gasteiger partial charge < -0.3 is 5.11 Å². The standard InChI is InChI=1S/C8H12OS/c1-2-7-4-6-10-8(7)3-5-9/h4,6,9H,2-3,5H2,1H3. The van der Waals surface area contributed by atoms with Gasteiger partial charge in [0.2, 0.25) is 0 Å². The average Bonchev–Trinajstić information content (AvgIpc) is 2.36. The Morgan fingerprint density at radius 3 is 3.00 bits per heavy atom. The van der Waals surface area contributed by atoms with E-state index in [1.54, 1.807) is 11.3 Å². The second-order valence-electron chi connectivity index (χ2n) is 2.20. The van der Waals surface area contributed by atoms with Gasteiger partial charge in [0.05, 0.1) is 0 Å². The van der Waals surface area contributed by atoms with Gasteiger partial charge in [-0.15, -0.1) is 11.3 Å². The maximum atomic E-state index is 8.66. The fraction of sp³-hybridized carbons (Fsp3) is 0.500. The van der Waals surface area contributed by atoms with Gasteiger partial charge in [-0.1, -0.05) is 6.92 Å². The zero-order valence-electron chi connectivity index (χ0n) is 6.13. The number of aryl methyl sites for hydroxylation is 1. The molecule has 0 atom stereocenters. The highest BCUT2D eigenvalue weighted by atomic mass is 32.1. The lowest BCUT2D eigenvalue weighted by atomic mass is 10.2. The summed E-state index contributed by atoms with van der Waals surface area (Å²) in [6.45, 7) is 2.41. The highest BCUT2D eigenvalue weighted by molar-refractivity contribution is 7.10. The molecule has 1 nitrogen and oxygen atoms in total. The summed E-state index contributed by atoms with van der Waals surface area (Å²) in [5.74, 6) is 0. The minimum absolute atomic E-state index is 0.271. The lowest BCUT2D eigenvalue weighted by Crippen LogP contribution is -1.90. The monoisotopic (exact) mass is 156 g/mol. The van der Waals surface area contributed by atoms with Crippen molar-refractivity contribution in [2.24, 2.45) is 0 Å². The zero-order chi connectivity index (χ0) is 7.40. The molecular formula is C8H12OS. The zero-order valence-corrected chi connectivity index (χ0v) is 6.95. The summed E-state index contributed by atoms with van der Waals surface area (Å²) < 4.78 is 0. The third-order valence-electron chi connectivity index (χ3n) is 1.56. The largest absolute Gasteiger partial charge is 0.396 e. The smallest absolute Gasteiger partial charge is 0.0479 e. The molecule has 0 amide bonds. The molecule has 0 aliphatic carbocycles. The Morgan fingerprint density at radius 2 is 2.40 bits per heavy atom. The molecule has 0 spiro atoms. The summed E-state index contributed by atoms with van der Waals surface area (Å²) in [7, 11) is 0. The van der Waals surface area contributed by atoms with Gasteiger partial charge in [-0.05, 0) is 23.4 Å². The maximum absolute atomic E-state index is 8.66. The molecule has 0 aliphatic rings. The first-order valence-electron chi connectivity index (χ1n) is 3.54. The third-order valence-corrected chi connectivity index (χ3v) is 2.58. The normalized spacial score (nSPS) is 10.2. The lowest BCUT2D eigenvalue weighted by molar-refractivity contribution is 0.300. The quantitative estimate of drug-likeness (QED) is 0.708. The van der Waals surface area contributed by atoms with Crippen molar-refractivity contribution in [3.8, 4) is 0 Å². The highest BCUT2D eigenvalue weighted by Crippen LogP contribution is 2.17. The van der Waals surface area contributed by atoms with Gasteiger partial charge in [0.15, 0.2) is 0 Å². The molecule has 1 N–H and O–H groups in total. The number of aliphatic hydroxyl groups excluding tert-OH is 1. The minimum atomic E-state index is 0.271. The van der Waals surface area contributed by atoms with Gasteiger partial charge in [-0.3, -0.25) is 0 Å². The number of aliphatic hydroxyl groups is 1. The molecule has 0 unspecified atom stereocenters. The molecule has 1 aromatic rings. The van der Waals surface area contributed by atoms with E-state index >= 15 is 0 Å². The van der Waals surface area contributed by atoms with Crippen molar-refractivity contribution in [1.29, 1.82) is 0 Å². The SMILES string of the molecule is CCc1ccsc1CCO. The summed E-state index contributed by atoms with van der Waals surface area (Å²) in [4.78, 5) is 1.34. The molecule has 1 aromatic heterocycles. The van der Waals surface area contributed by atoms with Gasteiger partial charge in [-0.25, -0.2) is 0 Å². The van der Waals surface area contributed by atoms with E-state index in [0.29, 0.717) is 0 Å². The maximum Gasteiger partial charge on any atom is 0.0479 e. The van der Waals surface area contributed by atoms with Crippen LogP contribution in [0.15, 0.2) is 11.4 Å². The van der Waals surface area contributed by atoms with Crippen LogP contribution in [0.4, 0.5) is 0 Å². The van der Waals surface area contributed by atoms with Gasteiger partial charge in [-0.2, -0.15) is 0 Å². The van der Waals surface area contributed by atoms with Gasteiger partial charge in [0.1, 0.15) is 0 Å². The van der Waals surface area contributed by atoms with Crippen molar-refractivity contribution in [3.05, 3.63) is 21.9 Å². The van der Waals surface area contributed by atoms with E-state index in [2.05, 4.69) is 18.4 Å². The molecule has 0 aromatic carbocycles. The number of hydrogen-bond donors (Lipinski definition) is 1. The molecule has 0 saturated heterocycles. The Hall–Kier alpha value is -0.340. The molecular weight excluding hydrogens is 144 g/mol. The predicted molar refractivity (Wildman–Crippen MR) is 44.5 cm³/mol. The van der Waals surface area contributed by atoms with Crippen LogP contribution >= 0.6 is 11.3 Å². The lowest BCUT2D eigenvalue weighted by Gasteiger charge is -1.95. The molecule has 1 heterocycles. The first-order valence-corrected chi connectivity index (χ1v) is 4.42. The van der Waals surface area contributed by atoms with Crippen LogP contribution in [-0.2, 0) is 12.8 Å². The highest BCUT2D eigenvalue weighted by Gasteiger charge is 1.99. The molecule has 56 valence electrons. The first kappa shape index (κ1) is 7.76. The second-order valence-corrected chi connectivity index (χ2v) is 3.20. The molecule has 0 bridgehead atoms. The Bertz CT molecular complexity index is 193. The van der Waals surface area contributed by atoms with E-state index in [9.17, 15) is 0 Å². The molecule has 0 saturated carbocycles. The second kappa shape index (κ2) is 3.74. The first-order chi connectivity index (χ1) is 4.88. The van der Waals surface area contributed by atoms with Crippen LogP contribution in [0.2, 0.25) is 0 Å². The molecule has 10 heavy (non-hydrogen) atoms. The van der Waals surface area contributed by atoms with Crippen molar-refractivity contribution in [1.82, 2.24) is 0 Å². The Morgan fingerprint density at radius 1 is 1.60 bits per heavy atom. The van der Waals surface area contributed by atoms with Crippen molar-refractivity contribution in [2.45, 2.75) is 19.8 Å². The van der Waals surface area contributed by atoms with Crippen molar-refractivity contribution >= 4 is 11.3 Å². The van der Waals surface area contributed by atoms with Crippen molar-refractivity contribution < 1.29 is 5.11 Å². The number of hydrogen-bond acceptors (Lipinski definition) is 2. The van der Waals surface area contributed by atoms with Gasteiger partial charge >= 0.3 is 0 Å². The van der Waals surface area contributed by atoms with Crippen LogP contribution in [-0.4, -0.2) is 11.7 Å². The van der Waals surface area contributed by atoms with Crippen LogP contribution in [0.25, 0.3) is 0 Å². The predicted octanol–water partition coefficient (Wildman–Crippen LogP) is 1.85. The van der Waals surface area contributed by atoms with Gasteiger partial charge in [0, 0.05) is 17.9 Å². The molecule has 1 rings (SSSR count). The molecule has 2 heteroatoms. The van der Waals surface area contributed by atoms with Crippen LogP contribution in [0.3, 0.4) is 0 Å². The van der Waals surface area contributed by atoms with Gasteiger partial charge in [0.25, 0.3) is 0 Å². The fourth-order valence-corrected chi connectivity index (χ4v) is 1.97.